The van der Waals surface area contributed by atoms with Crippen LogP contribution in [0.25, 0.3) is 0 Å². The lowest BCUT2D eigenvalue weighted by atomic mass is 10.2. The van der Waals surface area contributed by atoms with Gasteiger partial charge in [0, 0.05) is 5.57 Å². The summed E-state index contributed by atoms with van der Waals surface area (Å²) in [5, 5.41) is 15.2. The zero-order valence-corrected chi connectivity index (χ0v) is 6.15. The minimum atomic E-state index is -4.68. The molecule has 0 aromatic heterocycles. The molecule has 0 unspecified atom stereocenters. The van der Waals surface area contributed by atoms with E-state index in [-0.39, 0.29) is 6.26 Å². The summed E-state index contributed by atoms with van der Waals surface area (Å²) in [5.74, 6) is 0. The molecule has 66 valence electrons. The number of hydrogen-bond donors (Lipinski definition) is 0. The normalized spacial score (nSPS) is 21.2. The first-order valence-corrected chi connectivity index (χ1v) is 3.06. The highest BCUT2D eigenvalue weighted by Crippen LogP contribution is 2.26. The zero-order chi connectivity index (χ0) is 9.35. The molecule has 0 saturated heterocycles. The Morgan fingerprint density at radius 1 is 1.33 bits per heavy atom. The van der Waals surface area contributed by atoms with Gasteiger partial charge in [0.2, 0.25) is 0 Å². The number of halogens is 4. The smallest absolute Gasteiger partial charge is 0.435 e. The largest absolute Gasteiger partial charge is 0.877 e. The Kier molecular flexibility index (Phi) is 2.10. The van der Waals surface area contributed by atoms with Gasteiger partial charge in [0.25, 0.3) is 0 Å². The second-order valence-corrected chi connectivity index (χ2v) is 2.23. The molecule has 0 fully saturated rings. The van der Waals surface area contributed by atoms with Gasteiger partial charge in [-0.15, -0.1) is 16.5 Å². The third-order valence-corrected chi connectivity index (χ3v) is 1.38. The van der Waals surface area contributed by atoms with Crippen LogP contribution in [0.5, 0.6) is 0 Å². The Hall–Kier alpha value is -1.04. The standard InChI is InChI=1S/C5H2ClF3N2O/c6-4-2(1-12)3(10-11-4)5(7,8)9/h1,12H/p-1. The Bertz CT molecular complexity index is 292. The van der Waals surface area contributed by atoms with Crippen molar-refractivity contribution in [1.29, 1.82) is 0 Å². The van der Waals surface area contributed by atoms with Gasteiger partial charge < -0.3 is 5.11 Å². The lowest BCUT2D eigenvalue weighted by Gasteiger charge is -2.07. The summed E-state index contributed by atoms with van der Waals surface area (Å²) >= 11 is 5.15. The van der Waals surface area contributed by atoms with E-state index in [9.17, 15) is 18.3 Å². The van der Waals surface area contributed by atoms with Crippen molar-refractivity contribution in [1.82, 2.24) is 0 Å². The average Bonchev–Trinajstić information content (AvgIpc) is 2.29. The van der Waals surface area contributed by atoms with Crippen molar-refractivity contribution in [3.8, 4) is 0 Å². The van der Waals surface area contributed by atoms with Gasteiger partial charge in [0.1, 0.15) is 0 Å². The fourth-order valence-corrected chi connectivity index (χ4v) is 0.785. The maximum Gasteiger partial charge on any atom is 0.435 e. The first-order valence-electron chi connectivity index (χ1n) is 2.68. The van der Waals surface area contributed by atoms with Crippen molar-refractivity contribution in [2.45, 2.75) is 6.18 Å². The van der Waals surface area contributed by atoms with Gasteiger partial charge in [-0.2, -0.15) is 13.2 Å². The van der Waals surface area contributed by atoms with Gasteiger partial charge in [-0.25, -0.2) is 0 Å². The molecule has 0 saturated carbocycles. The van der Waals surface area contributed by atoms with E-state index in [1.54, 1.807) is 0 Å². The first kappa shape index (κ1) is 9.05. The van der Waals surface area contributed by atoms with E-state index >= 15 is 0 Å². The third-order valence-electron chi connectivity index (χ3n) is 1.10. The van der Waals surface area contributed by atoms with E-state index in [1.807, 2.05) is 0 Å². The van der Waals surface area contributed by atoms with Crippen LogP contribution in [0.3, 0.4) is 0 Å². The summed E-state index contributed by atoms with van der Waals surface area (Å²) in [6.45, 7) is 0. The zero-order valence-electron chi connectivity index (χ0n) is 5.39. The topological polar surface area (TPSA) is 47.8 Å². The van der Waals surface area contributed by atoms with E-state index in [2.05, 4.69) is 10.2 Å². The number of nitrogens with zero attached hydrogens (tertiary/aromatic N) is 2. The molecule has 0 aromatic carbocycles. The van der Waals surface area contributed by atoms with Crippen LogP contribution in [-0.4, -0.2) is 17.1 Å². The van der Waals surface area contributed by atoms with Crippen LogP contribution in [0.2, 0.25) is 0 Å². The van der Waals surface area contributed by atoms with E-state index in [0.29, 0.717) is 0 Å². The van der Waals surface area contributed by atoms with Gasteiger partial charge >= 0.3 is 6.18 Å². The molecular formula is C5HClF3N2O-. The average molecular weight is 198 g/mol. The maximum absolute atomic E-state index is 11.9. The predicted octanol–water partition coefficient (Wildman–Crippen LogP) is 0.800. The molecule has 0 aromatic rings. The molecule has 0 amide bonds. The van der Waals surface area contributed by atoms with Gasteiger partial charge in [-0.3, -0.25) is 0 Å². The monoisotopic (exact) mass is 197 g/mol. The number of alkyl halides is 3. The number of hydrogen-bond acceptors (Lipinski definition) is 3. The van der Waals surface area contributed by atoms with Crippen LogP contribution in [0.1, 0.15) is 0 Å². The molecule has 1 aliphatic rings. The highest BCUT2D eigenvalue weighted by atomic mass is 35.5. The molecule has 7 heteroatoms. The van der Waals surface area contributed by atoms with Gasteiger partial charge in [0.15, 0.2) is 10.9 Å². The quantitative estimate of drug-likeness (QED) is 0.530. The molecule has 0 aliphatic carbocycles. The molecule has 0 radical (unpaired) electrons. The van der Waals surface area contributed by atoms with Crippen molar-refractivity contribution in [2.75, 3.05) is 0 Å². The summed E-state index contributed by atoms with van der Waals surface area (Å²) in [6.07, 6.45) is -4.71. The minimum Gasteiger partial charge on any atom is -0.877 e. The summed E-state index contributed by atoms with van der Waals surface area (Å²) in [5.41, 5.74) is -2.06. The van der Waals surface area contributed by atoms with Gasteiger partial charge in [-0.05, 0) is 0 Å². The Labute approximate surface area is 69.9 Å². The molecule has 3 nitrogen and oxygen atoms in total. The Morgan fingerprint density at radius 3 is 2.25 bits per heavy atom. The summed E-state index contributed by atoms with van der Waals surface area (Å²) in [7, 11) is 0. The molecule has 0 atom stereocenters. The minimum absolute atomic E-state index is 0.0227. The molecule has 0 spiro atoms. The van der Waals surface area contributed by atoms with E-state index in [1.165, 1.54) is 0 Å². The van der Waals surface area contributed by atoms with E-state index in [0.717, 1.165) is 0 Å². The van der Waals surface area contributed by atoms with Crippen molar-refractivity contribution >= 4 is 22.5 Å². The van der Waals surface area contributed by atoms with Crippen LogP contribution >= 0.6 is 11.6 Å². The van der Waals surface area contributed by atoms with Gasteiger partial charge in [-0.1, -0.05) is 11.6 Å². The summed E-state index contributed by atoms with van der Waals surface area (Å²) in [6, 6.07) is 0. The van der Waals surface area contributed by atoms with E-state index < -0.39 is 22.6 Å². The highest BCUT2D eigenvalue weighted by molar-refractivity contribution is 6.73. The van der Waals surface area contributed by atoms with Crippen molar-refractivity contribution in [2.24, 2.45) is 10.2 Å². The molecule has 1 aliphatic heterocycles. The number of rotatable bonds is 0. The summed E-state index contributed by atoms with van der Waals surface area (Å²) in [4.78, 5) is 0. The second-order valence-electron chi connectivity index (χ2n) is 1.87. The fourth-order valence-electron chi connectivity index (χ4n) is 0.613. The van der Waals surface area contributed by atoms with Crippen LogP contribution in [0.15, 0.2) is 22.0 Å². The molecule has 1 rings (SSSR count). The number of allylic oxidation sites excluding steroid dienone is 1. The Balaban J connectivity index is 3.02. The lowest BCUT2D eigenvalue weighted by molar-refractivity contribution is -0.275. The maximum atomic E-state index is 11.9. The SMILES string of the molecule is [O-]C=C1C(Cl)=NN=C1C(F)(F)F. The predicted molar refractivity (Wildman–Crippen MR) is 34.9 cm³/mol. The second kappa shape index (κ2) is 2.78. The van der Waals surface area contributed by atoms with Crippen LogP contribution < -0.4 is 5.11 Å². The van der Waals surface area contributed by atoms with Crippen molar-refractivity contribution in [3.05, 3.63) is 11.8 Å². The highest BCUT2D eigenvalue weighted by Gasteiger charge is 2.41. The third kappa shape index (κ3) is 1.42. The van der Waals surface area contributed by atoms with E-state index in [4.69, 9.17) is 11.6 Å². The molecule has 12 heavy (non-hydrogen) atoms. The van der Waals surface area contributed by atoms with Crippen LogP contribution in [-0.2, 0) is 0 Å². The molecular weight excluding hydrogens is 197 g/mol. The lowest BCUT2D eigenvalue weighted by Crippen LogP contribution is -2.25. The first-order chi connectivity index (χ1) is 5.46. The summed E-state index contributed by atoms with van der Waals surface area (Å²) < 4.78 is 35.8. The Morgan fingerprint density at radius 2 is 1.92 bits per heavy atom. The molecule has 0 N–H and O–H groups in total. The van der Waals surface area contributed by atoms with Crippen LogP contribution in [0.4, 0.5) is 13.2 Å². The van der Waals surface area contributed by atoms with Crippen molar-refractivity contribution in [3.63, 3.8) is 0 Å². The fraction of sp³-hybridized carbons (Fsp3) is 0.200. The van der Waals surface area contributed by atoms with Crippen LogP contribution in [0, 0.1) is 0 Å². The van der Waals surface area contributed by atoms with Gasteiger partial charge in [0.05, 0.1) is 0 Å². The molecule has 0 bridgehead atoms. The molecule has 1 heterocycles. The van der Waals surface area contributed by atoms with Crippen molar-refractivity contribution < 1.29 is 18.3 Å².